The van der Waals surface area contributed by atoms with E-state index < -0.39 is 0 Å². The van der Waals surface area contributed by atoms with Crippen molar-refractivity contribution in [3.63, 3.8) is 0 Å². The standard InChI is InChI=1S/C16H18N2O/c1-11-7-14(10-18-9-11)16(17-2)13-3-4-15-12(8-13)5-6-19-15/h3-4,7-10,16-17H,5-6H2,1-2H3. The molecule has 0 radical (unpaired) electrons. The van der Waals surface area contributed by atoms with Crippen LogP contribution in [0, 0.1) is 6.92 Å². The Labute approximate surface area is 113 Å². The van der Waals surface area contributed by atoms with E-state index in [0.717, 1.165) is 18.8 Å². The van der Waals surface area contributed by atoms with Crippen LogP contribution in [0.5, 0.6) is 5.75 Å². The average Bonchev–Trinajstić information content (AvgIpc) is 2.87. The summed E-state index contributed by atoms with van der Waals surface area (Å²) >= 11 is 0. The number of ether oxygens (including phenoxy) is 1. The predicted molar refractivity (Wildman–Crippen MR) is 75.5 cm³/mol. The molecule has 2 aromatic rings. The third-order valence-electron chi connectivity index (χ3n) is 3.56. The van der Waals surface area contributed by atoms with Crippen LogP contribution in [0.2, 0.25) is 0 Å². The van der Waals surface area contributed by atoms with E-state index in [1.54, 1.807) is 0 Å². The van der Waals surface area contributed by atoms with Gasteiger partial charge in [0.1, 0.15) is 5.75 Å². The van der Waals surface area contributed by atoms with Gasteiger partial charge in [0.25, 0.3) is 0 Å². The van der Waals surface area contributed by atoms with Crippen molar-refractivity contribution < 1.29 is 4.74 Å². The zero-order chi connectivity index (χ0) is 13.2. The van der Waals surface area contributed by atoms with E-state index in [-0.39, 0.29) is 6.04 Å². The molecular formula is C16H18N2O. The van der Waals surface area contributed by atoms with Gasteiger partial charge in [0.15, 0.2) is 0 Å². The molecular weight excluding hydrogens is 236 g/mol. The van der Waals surface area contributed by atoms with Gasteiger partial charge in [-0.3, -0.25) is 4.98 Å². The number of fused-ring (bicyclic) bond motifs is 1. The maximum atomic E-state index is 5.56. The molecule has 98 valence electrons. The zero-order valence-electron chi connectivity index (χ0n) is 11.3. The molecule has 0 aliphatic carbocycles. The van der Waals surface area contributed by atoms with Crippen LogP contribution in [0.1, 0.15) is 28.3 Å². The molecule has 19 heavy (non-hydrogen) atoms. The maximum Gasteiger partial charge on any atom is 0.122 e. The summed E-state index contributed by atoms with van der Waals surface area (Å²) in [6, 6.07) is 8.81. The summed E-state index contributed by atoms with van der Waals surface area (Å²) in [5.74, 6) is 1.03. The zero-order valence-corrected chi connectivity index (χ0v) is 11.3. The van der Waals surface area contributed by atoms with Crippen molar-refractivity contribution in [1.82, 2.24) is 10.3 Å². The molecule has 3 heteroatoms. The fourth-order valence-electron chi connectivity index (χ4n) is 2.65. The highest BCUT2D eigenvalue weighted by molar-refractivity contribution is 5.43. The summed E-state index contributed by atoms with van der Waals surface area (Å²) in [7, 11) is 1.98. The van der Waals surface area contributed by atoms with Crippen LogP contribution >= 0.6 is 0 Å². The van der Waals surface area contributed by atoms with Crippen LogP contribution in [0.4, 0.5) is 0 Å². The van der Waals surface area contributed by atoms with E-state index >= 15 is 0 Å². The molecule has 0 fully saturated rings. The summed E-state index contributed by atoms with van der Waals surface area (Å²) < 4.78 is 5.56. The Morgan fingerprint density at radius 1 is 1.21 bits per heavy atom. The van der Waals surface area contributed by atoms with Gasteiger partial charge in [0.05, 0.1) is 12.6 Å². The SMILES string of the molecule is CNC(c1cncc(C)c1)c1ccc2c(c1)CCO2. The molecule has 1 aromatic carbocycles. The minimum absolute atomic E-state index is 0.179. The molecule has 1 aliphatic rings. The van der Waals surface area contributed by atoms with Gasteiger partial charge in [0.2, 0.25) is 0 Å². The molecule has 3 nitrogen and oxygen atoms in total. The normalized spacial score (nSPS) is 14.8. The number of nitrogens with zero attached hydrogens (tertiary/aromatic N) is 1. The van der Waals surface area contributed by atoms with Gasteiger partial charge < -0.3 is 10.1 Å². The smallest absolute Gasteiger partial charge is 0.122 e. The van der Waals surface area contributed by atoms with Crippen molar-refractivity contribution in [2.75, 3.05) is 13.7 Å². The summed E-state index contributed by atoms with van der Waals surface area (Å²) in [6.45, 7) is 2.87. The Bertz CT molecular complexity index is 595. The highest BCUT2D eigenvalue weighted by atomic mass is 16.5. The summed E-state index contributed by atoms with van der Waals surface area (Å²) in [6.07, 6.45) is 4.82. The molecule has 0 amide bonds. The van der Waals surface area contributed by atoms with Crippen LogP contribution < -0.4 is 10.1 Å². The lowest BCUT2D eigenvalue weighted by atomic mass is 9.97. The minimum Gasteiger partial charge on any atom is -0.493 e. The van der Waals surface area contributed by atoms with Gasteiger partial charge in [0, 0.05) is 18.8 Å². The van der Waals surface area contributed by atoms with Crippen LogP contribution in [-0.2, 0) is 6.42 Å². The maximum absolute atomic E-state index is 5.56. The second-order valence-electron chi connectivity index (χ2n) is 4.98. The number of aryl methyl sites for hydroxylation is 1. The Kier molecular flexibility index (Phi) is 3.22. The van der Waals surface area contributed by atoms with Crippen molar-refractivity contribution in [1.29, 1.82) is 0 Å². The fraction of sp³-hybridized carbons (Fsp3) is 0.312. The third-order valence-corrected chi connectivity index (χ3v) is 3.56. The van der Waals surface area contributed by atoms with Crippen LogP contribution in [-0.4, -0.2) is 18.6 Å². The highest BCUT2D eigenvalue weighted by Crippen LogP contribution is 2.30. The lowest BCUT2D eigenvalue weighted by Crippen LogP contribution is -2.18. The Morgan fingerprint density at radius 3 is 2.89 bits per heavy atom. The number of hydrogen-bond donors (Lipinski definition) is 1. The molecule has 0 bridgehead atoms. The van der Waals surface area contributed by atoms with Gasteiger partial charge in [-0.25, -0.2) is 0 Å². The van der Waals surface area contributed by atoms with Crippen molar-refractivity contribution >= 4 is 0 Å². The predicted octanol–water partition coefficient (Wildman–Crippen LogP) is 2.63. The first-order valence-electron chi connectivity index (χ1n) is 6.62. The first-order valence-corrected chi connectivity index (χ1v) is 6.62. The number of pyridine rings is 1. The van der Waals surface area contributed by atoms with E-state index in [1.165, 1.54) is 22.3 Å². The largest absolute Gasteiger partial charge is 0.493 e. The first-order chi connectivity index (χ1) is 9.28. The van der Waals surface area contributed by atoms with E-state index in [0.29, 0.717) is 0 Å². The fourth-order valence-corrected chi connectivity index (χ4v) is 2.65. The molecule has 3 rings (SSSR count). The summed E-state index contributed by atoms with van der Waals surface area (Å²) in [4.78, 5) is 4.29. The van der Waals surface area contributed by atoms with Gasteiger partial charge in [-0.2, -0.15) is 0 Å². The van der Waals surface area contributed by atoms with Gasteiger partial charge in [-0.1, -0.05) is 18.2 Å². The van der Waals surface area contributed by atoms with E-state index in [1.807, 2.05) is 19.4 Å². The molecule has 0 saturated heterocycles. The van der Waals surface area contributed by atoms with Crippen LogP contribution in [0.3, 0.4) is 0 Å². The first kappa shape index (κ1) is 12.2. The molecule has 2 heterocycles. The molecule has 0 spiro atoms. The van der Waals surface area contributed by atoms with E-state index in [4.69, 9.17) is 4.74 Å². The number of nitrogens with one attached hydrogen (secondary N) is 1. The van der Waals surface area contributed by atoms with Crippen molar-refractivity contribution in [3.05, 3.63) is 58.9 Å². The second-order valence-corrected chi connectivity index (χ2v) is 4.98. The molecule has 1 aliphatic heterocycles. The Hall–Kier alpha value is -1.87. The quantitative estimate of drug-likeness (QED) is 0.914. The third kappa shape index (κ3) is 2.34. The van der Waals surface area contributed by atoms with Crippen LogP contribution in [0.25, 0.3) is 0 Å². The molecule has 1 atom stereocenters. The molecule has 1 unspecified atom stereocenters. The van der Waals surface area contributed by atoms with Crippen molar-refractivity contribution in [2.24, 2.45) is 0 Å². The van der Waals surface area contributed by atoms with Crippen LogP contribution in [0.15, 0.2) is 36.7 Å². The lowest BCUT2D eigenvalue weighted by molar-refractivity contribution is 0.357. The number of aromatic nitrogens is 1. The van der Waals surface area contributed by atoms with Gasteiger partial charge >= 0.3 is 0 Å². The lowest BCUT2D eigenvalue weighted by Gasteiger charge is -2.18. The van der Waals surface area contributed by atoms with Gasteiger partial charge in [-0.15, -0.1) is 0 Å². The number of rotatable bonds is 3. The number of benzene rings is 1. The average molecular weight is 254 g/mol. The van der Waals surface area contributed by atoms with E-state index in [9.17, 15) is 0 Å². The highest BCUT2D eigenvalue weighted by Gasteiger charge is 2.17. The molecule has 1 N–H and O–H groups in total. The van der Waals surface area contributed by atoms with Crippen molar-refractivity contribution in [3.8, 4) is 5.75 Å². The Balaban J connectivity index is 1.98. The second kappa shape index (κ2) is 5.02. The summed E-state index contributed by atoms with van der Waals surface area (Å²) in [5.41, 5.74) is 4.95. The van der Waals surface area contributed by atoms with Crippen molar-refractivity contribution in [2.45, 2.75) is 19.4 Å². The van der Waals surface area contributed by atoms with E-state index in [2.05, 4.69) is 41.5 Å². The molecule has 1 aromatic heterocycles. The molecule has 0 saturated carbocycles. The summed E-state index contributed by atoms with van der Waals surface area (Å²) in [5, 5.41) is 3.37. The number of hydrogen-bond acceptors (Lipinski definition) is 3. The monoisotopic (exact) mass is 254 g/mol. The topological polar surface area (TPSA) is 34.2 Å². The van der Waals surface area contributed by atoms with Gasteiger partial charge in [-0.05, 0) is 42.3 Å². The minimum atomic E-state index is 0.179. The Morgan fingerprint density at radius 2 is 2.11 bits per heavy atom.